The molecule has 1 heterocycles. The van der Waals surface area contributed by atoms with Crippen LogP contribution in [0.1, 0.15) is 16.1 Å². The normalized spacial score (nSPS) is 11.3. The molecule has 0 unspecified atom stereocenters. The average Bonchev–Trinajstić information content (AvgIpc) is 2.40. The highest BCUT2D eigenvalue weighted by molar-refractivity contribution is 9.10. The molecule has 0 aliphatic heterocycles. The van der Waals surface area contributed by atoms with Gasteiger partial charge in [0.15, 0.2) is 9.84 Å². The van der Waals surface area contributed by atoms with E-state index in [0.29, 0.717) is 5.69 Å². The summed E-state index contributed by atoms with van der Waals surface area (Å²) in [6.45, 7) is 0. The van der Waals surface area contributed by atoms with Gasteiger partial charge in [0.25, 0.3) is 0 Å². The Bertz CT molecular complexity index is 790. The molecule has 0 aliphatic rings. The zero-order valence-electron chi connectivity index (χ0n) is 10.5. The number of carboxylic acid groups (broad SMARTS) is 1. The molecule has 0 spiro atoms. The molecule has 0 fully saturated rings. The predicted octanol–water partition coefficient (Wildman–Crippen LogP) is 3.17. The summed E-state index contributed by atoms with van der Waals surface area (Å²) in [5.41, 5.74) is 0.244. The number of benzene rings is 1. The zero-order chi connectivity index (χ0) is 15.6. The molecule has 1 aromatic heterocycles. The fourth-order valence-electron chi connectivity index (χ4n) is 1.63. The van der Waals surface area contributed by atoms with Crippen molar-refractivity contribution in [1.29, 1.82) is 0 Å². The van der Waals surface area contributed by atoms with Crippen LogP contribution in [-0.2, 0) is 15.6 Å². The van der Waals surface area contributed by atoms with Gasteiger partial charge in [-0.1, -0.05) is 11.6 Å². The molecular weight excluding hydrogens is 382 g/mol. The number of aromatic carboxylic acids is 1. The van der Waals surface area contributed by atoms with Gasteiger partial charge in [0, 0.05) is 10.7 Å². The van der Waals surface area contributed by atoms with E-state index in [2.05, 4.69) is 20.9 Å². The summed E-state index contributed by atoms with van der Waals surface area (Å²) in [6, 6.07) is 6.82. The Labute approximate surface area is 134 Å². The number of carboxylic acids is 1. The van der Waals surface area contributed by atoms with Gasteiger partial charge in [0.05, 0.1) is 26.9 Å². The minimum absolute atomic E-state index is 0.0396. The average molecular weight is 391 g/mol. The number of nitrogens with zero attached hydrogens (tertiary/aromatic N) is 1. The van der Waals surface area contributed by atoms with E-state index in [4.69, 9.17) is 16.7 Å². The van der Waals surface area contributed by atoms with E-state index in [1.807, 2.05) is 0 Å². The molecule has 5 nitrogen and oxygen atoms in total. The second-order valence-corrected chi connectivity index (χ2v) is 7.49. The number of sulfone groups is 1. The lowest BCUT2D eigenvalue weighted by Gasteiger charge is -2.06. The van der Waals surface area contributed by atoms with Crippen molar-refractivity contribution < 1.29 is 18.3 Å². The number of hydrogen-bond acceptors (Lipinski definition) is 4. The van der Waals surface area contributed by atoms with Crippen LogP contribution in [0.5, 0.6) is 0 Å². The van der Waals surface area contributed by atoms with Crippen molar-refractivity contribution in [1.82, 2.24) is 4.98 Å². The molecule has 110 valence electrons. The SMILES string of the molecule is O=C(O)c1ccc(S(=O)(=O)Cc2ccc(Br)cn2)cc1Cl. The van der Waals surface area contributed by atoms with E-state index < -0.39 is 15.8 Å². The van der Waals surface area contributed by atoms with Crippen molar-refractivity contribution in [2.24, 2.45) is 0 Å². The lowest BCUT2D eigenvalue weighted by atomic mass is 10.2. The molecule has 1 aromatic carbocycles. The summed E-state index contributed by atoms with van der Waals surface area (Å²) in [4.78, 5) is 14.8. The number of aromatic nitrogens is 1. The van der Waals surface area contributed by atoms with Gasteiger partial charge in [-0.3, -0.25) is 4.98 Å². The predicted molar refractivity (Wildman–Crippen MR) is 81.2 cm³/mol. The zero-order valence-corrected chi connectivity index (χ0v) is 13.6. The maximum Gasteiger partial charge on any atom is 0.337 e. The maximum atomic E-state index is 12.3. The highest BCUT2D eigenvalue weighted by Crippen LogP contribution is 2.23. The van der Waals surface area contributed by atoms with E-state index in [-0.39, 0.29) is 21.2 Å². The van der Waals surface area contributed by atoms with Crippen LogP contribution in [0.25, 0.3) is 0 Å². The fourth-order valence-corrected chi connectivity index (χ4v) is 3.49. The number of halogens is 2. The Kier molecular flexibility index (Phi) is 4.65. The van der Waals surface area contributed by atoms with Gasteiger partial charge in [-0.25, -0.2) is 13.2 Å². The summed E-state index contributed by atoms with van der Waals surface area (Å²) in [6.07, 6.45) is 1.51. The van der Waals surface area contributed by atoms with Crippen LogP contribution in [0.4, 0.5) is 0 Å². The third-order valence-corrected chi connectivity index (χ3v) is 5.09. The first-order chi connectivity index (χ1) is 9.79. The Morgan fingerprint density at radius 2 is 2.00 bits per heavy atom. The van der Waals surface area contributed by atoms with Crippen LogP contribution >= 0.6 is 27.5 Å². The van der Waals surface area contributed by atoms with Crippen LogP contribution < -0.4 is 0 Å². The molecule has 1 N–H and O–H groups in total. The lowest BCUT2D eigenvalue weighted by Crippen LogP contribution is -2.07. The molecule has 0 radical (unpaired) electrons. The van der Waals surface area contributed by atoms with Crippen LogP contribution in [0.15, 0.2) is 45.9 Å². The smallest absolute Gasteiger partial charge is 0.337 e. The minimum atomic E-state index is -3.65. The highest BCUT2D eigenvalue weighted by atomic mass is 79.9. The van der Waals surface area contributed by atoms with Crippen molar-refractivity contribution in [3.63, 3.8) is 0 Å². The topological polar surface area (TPSA) is 84.3 Å². The molecule has 21 heavy (non-hydrogen) atoms. The molecule has 8 heteroatoms. The van der Waals surface area contributed by atoms with E-state index in [0.717, 1.165) is 10.5 Å². The number of carbonyl (C=O) groups is 1. The van der Waals surface area contributed by atoms with Crippen molar-refractivity contribution >= 4 is 43.3 Å². The Morgan fingerprint density at radius 3 is 2.52 bits per heavy atom. The second-order valence-electron chi connectivity index (χ2n) is 4.17. The Hall–Kier alpha value is -1.44. The molecule has 0 bridgehead atoms. The van der Waals surface area contributed by atoms with E-state index in [1.165, 1.54) is 18.3 Å². The monoisotopic (exact) mass is 389 g/mol. The molecule has 0 saturated heterocycles. The minimum Gasteiger partial charge on any atom is -0.478 e. The quantitative estimate of drug-likeness (QED) is 0.867. The third-order valence-electron chi connectivity index (χ3n) is 2.66. The van der Waals surface area contributed by atoms with Crippen LogP contribution in [0.3, 0.4) is 0 Å². The molecule has 0 amide bonds. The van der Waals surface area contributed by atoms with Gasteiger partial charge in [0.1, 0.15) is 0 Å². The van der Waals surface area contributed by atoms with Crippen LogP contribution in [-0.4, -0.2) is 24.5 Å². The first-order valence-corrected chi connectivity index (χ1v) is 8.48. The Morgan fingerprint density at radius 1 is 1.29 bits per heavy atom. The van der Waals surface area contributed by atoms with Crippen molar-refractivity contribution in [3.05, 3.63) is 57.3 Å². The Balaban J connectivity index is 2.33. The van der Waals surface area contributed by atoms with Gasteiger partial charge in [-0.15, -0.1) is 0 Å². The molecular formula is C13H9BrClNO4S. The first kappa shape index (κ1) is 15.9. The van der Waals surface area contributed by atoms with Gasteiger partial charge in [-0.05, 0) is 46.3 Å². The summed E-state index contributed by atoms with van der Waals surface area (Å²) < 4.78 is 25.3. The van der Waals surface area contributed by atoms with Crippen LogP contribution in [0.2, 0.25) is 5.02 Å². The highest BCUT2D eigenvalue weighted by Gasteiger charge is 2.19. The van der Waals surface area contributed by atoms with Crippen molar-refractivity contribution in [2.45, 2.75) is 10.6 Å². The van der Waals surface area contributed by atoms with Crippen molar-refractivity contribution in [2.75, 3.05) is 0 Å². The molecule has 0 aliphatic carbocycles. The van der Waals surface area contributed by atoms with Gasteiger partial charge >= 0.3 is 5.97 Å². The largest absolute Gasteiger partial charge is 0.478 e. The van der Waals surface area contributed by atoms with Crippen LogP contribution in [0, 0.1) is 0 Å². The van der Waals surface area contributed by atoms with E-state index in [1.54, 1.807) is 12.1 Å². The summed E-state index contributed by atoms with van der Waals surface area (Å²) in [7, 11) is -3.65. The number of hydrogen-bond donors (Lipinski definition) is 1. The van der Waals surface area contributed by atoms with Gasteiger partial charge in [-0.2, -0.15) is 0 Å². The van der Waals surface area contributed by atoms with Gasteiger partial charge in [0.2, 0.25) is 0 Å². The van der Waals surface area contributed by atoms with Crippen molar-refractivity contribution in [3.8, 4) is 0 Å². The summed E-state index contributed by atoms with van der Waals surface area (Å²) >= 11 is 9.00. The first-order valence-electron chi connectivity index (χ1n) is 5.65. The third kappa shape index (κ3) is 3.81. The molecule has 0 saturated carbocycles. The standard InChI is InChI=1S/C13H9BrClNO4S/c14-8-1-2-9(16-6-8)7-21(19,20)10-3-4-11(13(17)18)12(15)5-10/h1-6H,7H2,(H,17,18). The van der Waals surface area contributed by atoms with E-state index in [9.17, 15) is 13.2 Å². The summed E-state index contributed by atoms with van der Waals surface area (Å²) in [5.74, 6) is -1.50. The molecule has 0 atom stereocenters. The van der Waals surface area contributed by atoms with Gasteiger partial charge < -0.3 is 5.11 Å². The number of pyridine rings is 1. The lowest BCUT2D eigenvalue weighted by molar-refractivity contribution is 0.0697. The fraction of sp³-hybridized carbons (Fsp3) is 0.0769. The second kappa shape index (κ2) is 6.13. The van der Waals surface area contributed by atoms with E-state index >= 15 is 0 Å². The maximum absolute atomic E-state index is 12.3. The molecule has 2 aromatic rings. The summed E-state index contributed by atoms with van der Waals surface area (Å²) in [5, 5.41) is 8.75. The molecule has 2 rings (SSSR count). The number of rotatable bonds is 4.